The summed E-state index contributed by atoms with van der Waals surface area (Å²) in [6.45, 7) is 7.46. The third kappa shape index (κ3) is 3.54. The van der Waals surface area contributed by atoms with Crippen molar-refractivity contribution in [2.75, 3.05) is 0 Å². The zero-order valence-electron chi connectivity index (χ0n) is 6.34. The lowest BCUT2D eigenvalue weighted by Gasteiger charge is -2.17. The summed E-state index contributed by atoms with van der Waals surface area (Å²) < 4.78 is 14.5. The van der Waals surface area contributed by atoms with Crippen LogP contribution in [0.1, 0.15) is 27.7 Å². The van der Waals surface area contributed by atoms with Gasteiger partial charge in [0, 0.05) is 0 Å². The number of hydrogen-bond acceptors (Lipinski definition) is 2. The Kier molecular flexibility index (Phi) is 3.22. The van der Waals surface area contributed by atoms with Crippen molar-refractivity contribution in [1.82, 2.24) is 0 Å². The van der Waals surface area contributed by atoms with Gasteiger partial charge in [-0.1, -0.05) is 4.40 Å². The molecule has 0 aliphatic rings. The predicted octanol–water partition coefficient (Wildman–Crippen LogP) is 1.54. The quantitative estimate of drug-likeness (QED) is 0.409. The molecule has 0 saturated carbocycles. The van der Waals surface area contributed by atoms with Crippen LogP contribution in [0.5, 0.6) is 0 Å². The van der Waals surface area contributed by atoms with E-state index in [9.17, 15) is 4.55 Å². The maximum Gasteiger partial charge on any atom is 0.144 e. The highest BCUT2D eigenvalue weighted by atomic mass is 32.2. The highest BCUT2D eigenvalue weighted by molar-refractivity contribution is 7.91. The van der Waals surface area contributed by atoms with Crippen LogP contribution in [0.25, 0.3) is 0 Å². The second-order valence-electron chi connectivity index (χ2n) is 2.73. The normalized spacial score (nSPS) is 16.6. The van der Waals surface area contributed by atoms with E-state index in [-0.39, 0.29) is 4.75 Å². The van der Waals surface area contributed by atoms with Gasteiger partial charge in [-0.3, -0.25) is 0 Å². The molecule has 0 amide bonds. The second-order valence-corrected chi connectivity index (χ2v) is 4.66. The first-order valence-corrected chi connectivity index (χ1v) is 4.00. The van der Waals surface area contributed by atoms with E-state index in [1.165, 1.54) is 0 Å². The van der Waals surface area contributed by atoms with Gasteiger partial charge < -0.3 is 4.55 Å². The highest BCUT2D eigenvalue weighted by Gasteiger charge is 2.25. The van der Waals surface area contributed by atoms with Crippen molar-refractivity contribution in [3.8, 4) is 0 Å². The van der Waals surface area contributed by atoms with Crippen molar-refractivity contribution in [1.29, 1.82) is 0 Å². The molecule has 1 atom stereocenters. The molecule has 0 aromatic heterocycles. The van der Waals surface area contributed by atoms with Gasteiger partial charge in [0.1, 0.15) is 16.1 Å². The van der Waals surface area contributed by atoms with E-state index < -0.39 is 11.4 Å². The molecule has 0 rings (SSSR count). The standard InChI is InChI=1S/C6H13NOS/c1-5-7-9(8)6(2,3)4/h5H,1-4H3. The maximum atomic E-state index is 11.0. The first-order valence-electron chi connectivity index (χ1n) is 2.89. The molecular weight excluding hydrogens is 134 g/mol. The summed E-state index contributed by atoms with van der Waals surface area (Å²) in [5, 5.41) is 0. The van der Waals surface area contributed by atoms with Gasteiger partial charge >= 0.3 is 0 Å². The molecule has 1 unspecified atom stereocenters. The second kappa shape index (κ2) is 3.22. The van der Waals surface area contributed by atoms with E-state index in [0.717, 1.165) is 0 Å². The van der Waals surface area contributed by atoms with Crippen LogP contribution >= 0.6 is 0 Å². The monoisotopic (exact) mass is 147 g/mol. The van der Waals surface area contributed by atoms with Crippen LogP contribution in [-0.2, 0) is 11.4 Å². The van der Waals surface area contributed by atoms with E-state index >= 15 is 0 Å². The van der Waals surface area contributed by atoms with Gasteiger partial charge in [0.05, 0.1) is 6.21 Å². The molecule has 9 heavy (non-hydrogen) atoms. The number of nitrogens with zero attached hydrogens (tertiary/aromatic N) is 1. The Bertz CT molecular complexity index is 106. The van der Waals surface area contributed by atoms with Crippen molar-refractivity contribution in [3.05, 3.63) is 0 Å². The maximum absolute atomic E-state index is 11.0. The molecule has 54 valence electrons. The number of hydrogen-bond donors (Lipinski definition) is 0. The van der Waals surface area contributed by atoms with Crippen molar-refractivity contribution >= 4 is 17.6 Å². The Morgan fingerprint density at radius 1 is 1.44 bits per heavy atom. The summed E-state index contributed by atoms with van der Waals surface area (Å²) in [7, 11) is 0. The van der Waals surface area contributed by atoms with Crippen LogP contribution in [0, 0.1) is 0 Å². The van der Waals surface area contributed by atoms with Gasteiger partial charge in [-0.25, -0.2) is 0 Å². The van der Waals surface area contributed by atoms with Gasteiger partial charge in [-0.15, -0.1) is 0 Å². The Labute approximate surface area is 59.7 Å². The van der Waals surface area contributed by atoms with Gasteiger partial charge in [0.2, 0.25) is 0 Å². The molecule has 0 aromatic rings. The first-order chi connectivity index (χ1) is 3.98. The van der Waals surface area contributed by atoms with Crippen LogP contribution in [-0.4, -0.2) is 15.5 Å². The minimum atomic E-state index is -1.07. The molecule has 0 aromatic carbocycles. The SMILES string of the molecule is CC=N[S+]([O-])C(C)(C)C. The Hall–Kier alpha value is -0.0200. The van der Waals surface area contributed by atoms with Gasteiger partial charge in [0.25, 0.3) is 0 Å². The largest absolute Gasteiger partial charge is 0.591 e. The summed E-state index contributed by atoms with van der Waals surface area (Å²) in [4.78, 5) is 0. The average molecular weight is 147 g/mol. The van der Waals surface area contributed by atoms with Crippen LogP contribution in [0.3, 0.4) is 0 Å². The summed E-state index contributed by atoms with van der Waals surface area (Å²) in [5.74, 6) is 0. The van der Waals surface area contributed by atoms with Gasteiger partial charge in [-0.05, 0) is 27.7 Å². The van der Waals surface area contributed by atoms with E-state index in [0.29, 0.717) is 0 Å². The molecular formula is C6H13NOS. The molecule has 0 aliphatic carbocycles. The zero-order chi connectivity index (χ0) is 7.49. The molecule has 2 nitrogen and oxygen atoms in total. The summed E-state index contributed by atoms with van der Waals surface area (Å²) in [5.41, 5.74) is 0. The Morgan fingerprint density at radius 3 is 2.00 bits per heavy atom. The molecule has 0 N–H and O–H groups in total. The van der Waals surface area contributed by atoms with E-state index in [4.69, 9.17) is 0 Å². The van der Waals surface area contributed by atoms with Crippen LogP contribution in [0.2, 0.25) is 0 Å². The van der Waals surface area contributed by atoms with Gasteiger partial charge in [0.15, 0.2) is 0 Å². The van der Waals surface area contributed by atoms with E-state index in [1.54, 1.807) is 13.1 Å². The molecule has 3 heteroatoms. The van der Waals surface area contributed by atoms with Crippen molar-refractivity contribution in [2.45, 2.75) is 32.4 Å². The van der Waals surface area contributed by atoms with Crippen LogP contribution in [0.4, 0.5) is 0 Å². The van der Waals surface area contributed by atoms with Gasteiger partial charge in [-0.2, -0.15) is 0 Å². The average Bonchev–Trinajstić information content (AvgIpc) is 1.64. The van der Waals surface area contributed by atoms with Crippen molar-refractivity contribution in [2.24, 2.45) is 4.40 Å². The summed E-state index contributed by atoms with van der Waals surface area (Å²) in [6, 6.07) is 0. The highest BCUT2D eigenvalue weighted by Crippen LogP contribution is 2.15. The van der Waals surface area contributed by atoms with E-state index in [2.05, 4.69) is 4.40 Å². The molecule has 0 bridgehead atoms. The number of rotatable bonds is 1. The van der Waals surface area contributed by atoms with E-state index in [1.807, 2.05) is 20.8 Å². The lowest BCUT2D eigenvalue weighted by atomic mass is 10.3. The minimum absolute atomic E-state index is 0.216. The zero-order valence-corrected chi connectivity index (χ0v) is 7.16. The summed E-state index contributed by atoms with van der Waals surface area (Å²) in [6.07, 6.45) is 1.57. The third-order valence-electron chi connectivity index (χ3n) is 0.725. The fourth-order valence-corrected chi connectivity index (χ4v) is 0.762. The van der Waals surface area contributed by atoms with Crippen LogP contribution < -0.4 is 0 Å². The van der Waals surface area contributed by atoms with Crippen molar-refractivity contribution < 1.29 is 4.55 Å². The lowest BCUT2D eigenvalue weighted by Crippen LogP contribution is -2.25. The fourth-order valence-electron chi connectivity index (χ4n) is 0.254. The topological polar surface area (TPSA) is 35.4 Å². The Morgan fingerprint density at radius 2 is 1.89 bits per heavy atom. The molecule has 0 heterocycles. The minimum Gasteiger partial charge on any atom is -0.591 e. The molecule has 0 saturated heterocycles. The molecule has 0 spiro atoms. The smallest absolute Gasteiger partial charge is 0.144 e. The fraction of sp³-hybridized carbons (Fsp3) is 0.833. The molecule has 0 radical (unpaired) electrons. The first kappa shape index (κ1) is 8.98. The summed E-state index contributed by atoms with van der Waals surface area (Å²) >= 11 is -1.07. The third-order valence-corrected chi connectivity index (χ3v) is 2.18. The molecule has 0 aliphatic heterocycles. The van der Waals surface area contributed by atoms with Crippen LogP contribution in [0.15, 0.2) is 4.40 Å². The Balaban J connectivity index is 3.88. The van der Waals surface area contributed by atoms with Crippen molar-refractivity contribution in [3.63, 3.8) is 0 Å². The molecule has 0 fully saturated rings. The predicted molar refractivity (Wildman–Crippen MR) is 42.1 cm³/mol. The lowest BCUT2D eigenvalue weighted by molar-refractivity contribution is 0.562.